The topological polar surface area (TPSA) is 24.5 Å². The van der Waals surface area contributed by atoms with Crippen LogP contribution in [0.4, 0.5) is 8.78 Å². The average molecular weight is 166 g/mol. The summed E-state index contributed by atoms with van der Waals surface area (Å²) in [6.07, 6.45) is -2.28. The molecule has 0 aromatic carbocycles. The Bertz CT molecular complexity index is 107. The Labute approximate surface area is 64.3 Å². The molecular formula is C6H12F2N2O. The van der Waals surface area contributed by atoms with Gasteiger partial charge in [-0.2, -0.15) is 0 Å². The summed E-state index contributed by atoms with van der Waals surface area (Å²) in [6.45, 7) is 2.35. The number of nitrogens with zero attached hydrogens (tertiary/aromatic N) is 1. The van der Waals surface area contributed by atoms with E-state index in [9.17, 15) is 8.78 Å². The molecule has 1 aliphatic rings. The van der Waals surface area contributed by atoms with E-state index in [-0.39, 0.29) is 6.54 Å². The molecule has 0 unspecified atom stereocenters. The lowest BCUT2D eigenvalue weighted by Crippen LogP contribution is -2.47. The van der Waals surface area contributed by atoms with Crippen LogP contribution in [0.2, 0.25) is 0 Å². The summed E-state index contributed by atoms with van der Waals surface area (Å²) in [6, 6.07) is 0. The molecule has 66 valence electrons. The molecule has 0 spiro atoms. The van der Waals surface area contributed by atoms with Gasteiger partial charge in [0.1, 0.15) is 0 Å². The van der Waals surface area contributed by atoms with Crippen LogP contribution in [0.1, 0.15) is 0 Å². The lowest BCUT2D eigenvalue weighted by Gasteiger charge is -2.26. The molecule has 1 rings (SSSR count). The van der Waals surface area contributed by atoms with Gasteiger partial charge in [0.25, 0.3) is 6.43 Å². The van der Waals surface area contributed by atoms with E-state index in [1.165, 1.54) is 0 Å². The number of rotatable bonds is 3. The minimum Gasteiger partial charge on any atom is -0.379 e. The van der Waals surface area contributed by atoms with Crippen molar-refractivity contribution in [3.05, 3.63) is 0 Å². The lowest BCUT2D eigenvalue weighted by atomic mass is 10.5. The molecule has 0 aromatic heterocycles. The average Bonchev–Trinajstić information content (AvgIpc) is 2.03. The summed E-state index contributed by atoms with van der Waals surface area (Å²) < 4.78 is 28.4. The van der Waals surface area contributed by atoms with Gasteiger partial charge in [-0.05, 0) is 0 Å². The van der Waals surface area contributed by atoms with Crippen LogP contribution >= 0.6 is 0 Å². The highest BCUT2D eigenvalue weighted by Crippen LogP contribution is 1.94. The second-order valence-electron chi connectivity index (χ2n) is 2.35. The van der Waals surface area contributed by atoms with Crippen molar-refractivity contribution >= 4 is 0 Å². The quantitative estimate of drug-likeness (QED) is 0.643. The van der Waals surface area contributed by atoms with Crippen LogP contribution in [-0.2, 0) is 4.74 Å². The molecule has 0 aromatic rings. The number of halogens is 2. The van der Waals surface area contributed by atoms with Crippen molar-refractivity contribution in [2.24, 2.45) is 0 Å². The molecule has 5 heteroatoms. The van der Waals surface area contributed by atoms with Crippen molar-refractivity contribution in [2.45, 2.75) is 6.43 Å². The zero-order valence-electron chi connectivity index (χ0n) is 6.22. The highest BCUT2D eigenvalue weighted by atomic mass is 19.3. The van der Waals surface area contributed by atoms with E-state index in [2.05, 4.69) is 5.43 Å². The number of morpholine rings is 1. The molecule has 1 fully saturated rings. The third-order valence-corrected chi connectivity index (χ3v) is 1.48. The third-order valence-electron chi connectivity index (χ3n) is 1.48. The van der Waals surface area contributed by atoms with Gasteiger partial charge in [-0.15, -0.1) is 0 Å². The van der Waals surface area contributed by atoms with Crippen LogP contribution in [0, 0.1) is 0 Å². The monoisotopic (exact) mass is 166 g/mol. The molecule has 1 heterocycles. The van der Waals surface area contributed by atoms with Crippen molar-refractivity contribution in [2.75, 3.05) is 32.8 Å². The maximum Gasteiger partial charge on any atom is 0.252 e. The van der Waals surface area contributed by atoms with Gasteiger partial charge in [0.05, 0.1) is 19.8 Å². The van der Waals surface area contributed by atoms with Crippen LogP contribution in [0.3, 0.4) is 0 Å². The van der Waals surface area contributed by atoms with Crippen molar-refractivity contribution < 1.29 is 13.5 Å². The molecule has 0 amide bonds. The molecule has 0 atom stereocenters. The summed E-state index contributed by atoms with van der Waals surface area (Å²) in [5.74, 6) is 0. The zero-order chi connectivity index (χ0) is 8.10. The second kappa shape index (κ2) is 4.58. The van der Waals surface area contributed by atoms with Crippen LogP contribution < -0.4 is 5.43 Å². The first kappa shape index (κ1) is 8.83. The van der Waals surface area contributed by atoms with E-state index >= 15 is 0 Å². The molecular weight excluding hydrogens is 154 g/mol. The Kier molecular flexibility index (Phi) is 3.68. The molecule has 1 aliphatic heterocycles. The van der Waals surface area contributed by atoms with Gasteiger partial charge in [0.15, 0.2) is 0 Å². The van der Waals surface area contributed by atoms with Gasteiger partial charge >= 0.3 is 0 Å². The Morgan fingerprint density at radius 2 is 2.00 bits per heavy atom. The fourth-order valence-electron chi connectivity index (χ4n) is 0.920. The predicted molar refractivity (Wildman–Crippen MR) is 36.4 cm³/mol. The van der Waals surface area contributed by atoms with Crippen molar-refractivity contribution in [3.63, 3.8) is 0 Å². The van der Waals surface area contributed by atoms with E-state index in [0.717, 1.165) is 0 Å². The van der Waals surface area contributed by atoms with Gasteiger partial charge in [-0.3, -0.25) is 0 Å². The van der Waals surface area contributed by atoms with Crippen LogP contribution in [-0.4, -0.2) is 44.3 Å². The molecule has 0 saturated carbocycles. The van der Waals surface area contributed by atoms with Gasteiger partial charge in [-0.25, -0.2) is 19.2 Å². The Hall–Kier alpha value is -0.260. The van der Waals surface area contributed by atoms with E-state index in [1.807, 2.05) is 0 Å². The number of ether oxygens (including phenoxy) is 1. The number of alkyl halides is 2. The summed E-state index contributed by atoms with van der Waals surface area (Å²) in [7, 11) is 0. The molecule has 11 heavy (non-hydrogen) atoms. The Balaban J connectivity index is 2.05. The summed E-state index contributed by atoms with van der Waals surface area (Å²) in [4.78, 5) is 0. The van der Waals surface area contributed by atoms with Gasteiger partial charge in [-0.1, -0.05) is 0 Å². The van der Waals surface area contributed by atoms with E-state index in [1.54, 1.807) is 5.01 Å². The molecule has 0 aliphatic carbocycles. The molecule has 1 saturated heterocycles. The normalized spacial score (nSPS) is 21.0. The predicted octanol–water partition coefficient (Wildman–Crippen LogP) is 0.0883. The van der Waals surface area contributed by atoms with Gasteiger partial charge < -0.3 is 4.74 Å². The SMILES string of the molecule is FC(F)CNN1CCOCC1. The van der Waals surface area contributed by atoms with Crippen LogP contribution in [0.15, 0.2) is 0 Å². The van der Waals surface area contributed by atoms with Crippen molar-refractivity contribution in [1.82, 2.24) is 10.4 Å². The Morgan fingerprint density at radius 3 is 2.55 bits per heavy atom. The Morgan fingerprint density at radius 1 is 1.36 bits per heavy atom. The minimum atomic E-state index is -2.28. The summed E-state index contributed by atoms with van der Waals surface area (Å²) in [5.41, 5.74) is 2.62. The van der Waals surface area contributed by atoms with E-state index in [4.69, 9.17) is 4.74 Å². The van der Waals surface area contributed by atoms with Crippen LogP contribution in [0.25, 0.3) is 0 Å². The van der Waals surface area contributed by atoms with Crippen LogP contribution in [0.5, 0.6) is 0 Å². The zero-order valence-corrected chi connectivity index (χ0v) is 6.22. The first-order chi connectivity index (χ1) is 5.29. The standard InChI is InChI=1S/C6H12F2N2O/c7-6(8)5-9-10-1-3-11-4-2-10/h6,9H,1-5H2. The highest BCUT2D eigenvalue weighted by molar-refractivity contribution is 4.57. The lowest BCUT2D eigenvalue weighted by molar-refractivity contribution is -0.0000733. The highest BCUT2D eigenvalue weighted by Gasteiger charge is 2.11. The van der Waals surface area contributed by atoms with E-state index in [0.29, 0.717) is 26.3 Å². The maximum atomic E-state index is 11.7. The second-order valence-corrected chi connectivity index (χ2v) is 2.35. The largest absolute Gasteiger partial charge is 0.379 e. The van der Waals surface area contributed by atoms with E-state index < -0.39 is 6.43 Å². The number of hydrogen-bond donors (Lipinski definition) is 1. The molecule has 0 bridgehead atoms. The number of hydrazine groups is 1. The number of hydrogen-bond acceptors (Lipinski definition) is 3. The molecule has 0 radical (unpaired) electrons. The van der Waals surface area contributed by atoms with Crippen molar-refractivity contribution in [1.29, 1.82) is 0 Å². The fraction of sp³-hybridized carbons (Fsp3) is 1.00. The maximum absolute atomic E-state index is 11.7. The van der Waals surface area contributed by atoms with Crippen molar-refractivity contribution in [3.8, 4) is 0 Å². The summed E-state index contributed by atoms with van der Waals surface area (Å²) >= 11 is 0. The third kappa shape index (κ3) is 3.60. The minimum absolute atomic E-state index is 0.264. The van der Waals surface area contributed by atoms with Gasteiger partial charge in [0, 0.05) is 13.1 Å². The first-order valence-electron chi connectivity index (χ1n) is 3.63. The fourth-order valence-corrected chi connectivity index (χ4v) is 0.920. The first-order valence-corrected chi connectivity index (χ1v) is 3.63. The molecule has 3 nitrogen and oxygen atoms in total. The summed E-state index contributed by atoms with van der Waals surface area (Å²) in [5, 5.41) is 1.76. The smallest absolute Gasteiger partial charge is 0.252 e. The van der Waals surface area contributed by atoms with Gasteiger partial charge in [0.2, 0.25) is 0 Å². The number of nitrogens with one attached hydrogen (secondary N) is 1. The molecule has 1 N–H and O–H groups in total.